The van der Waals surface area contributed by atoms with Crippen molar-refractivity contribution in [1.82, 2.24) is 15.0 Å². The van der Waals surface area contributed by atoms with Crippen LogP contribution in [0.25, 0.3) is 10.2 Å². The van der Waals surface area contributed by atoms with Crippen molar-refractivity contribution in [2.45, 2.75) is 25.7 Å². The summed E-state index contributed by atoms with van der Waals surface area (Å²) in [6.45, 7) is 5.64. The van der Waals surface area contributed by atoms with Gasteiger partial charge in [0.1, 0.15) is 0 Å². The Balaban J connectivity index is 1.51. The second kappa shape index (κ2) is 9.54. The molecule has 0 bridgehead atoms. The molecule has 1 aromatic heterocycles. The van der Waals surface area contributed by atoms with Crippen LogP contribution in [0.4, 0.5) is 5.69 Å². The molecule has 8 nitrogen and oxygen atoms in total. The Labute approximate surface area is 185 Å². The zero-order valence-corrected chi connectivity index (χ0v) is 19.1. The number of aryl methyl sites for hydroxylation is 1. The lowest BCUT2D eigenvalue weighted by Gasteiger charge is -2.10. The number of amides is 2. The van der Waals surface area contributed by atoms with Crippen molar-refractivity contribution >= 4 is 49.1 Å². The van der Waals surface area contributed by atoms with E-state index in [0.717, 1.165) is 15.2 Å². The molecule has 31 heavy (non-hydrogen) atoms. The highest BCUT2D eigenvalue weighted by molar-refractivity contribution is 7.89. The first-order chi connectivity index (χ1) is 14.7. The molecule has 0 saturated heterocycles. The average molecular weight is 461 g/mol. The standard InChI is InChI=1S/C21H24N4O4S2/c1-13(2)20(26)25-16-6-4-15(5-7-16)21(27)22-10-11-23-31(28,29)17-8-9-18-19(12-17)30-14(3)24-18/h4-9,12-13,23H,10-11H2,1-3H3,(H,22,27)(H,25,26). The molecule has 0 radical (unpaired) electrons. The molecule has 3 rings (SSSR count). The van der Waals surface area contributed by atoms with Gasteiger partial charge in [0.25, 0.3) is 5.91 Å². The Morgan fingerprint density at radius 3 is 2.45 bits per heavy atom. The molecular weight excluding hydrogens is 436 g/mol. The second-order valence-corrected chi connectivity index (χ2v) is 10.2. The Bertz CT molecular complexity index is 1200. The van der Waals surface area contributed by atoms with Crippen molar-refractivity contribution in [3.63, 3.8) is 0 Å². The molecule has 0 aliphatic rings. The van der Waals surface area contributed by atoms with Gasteiger partial charge >= 0.3 is 0 Å². The van der Waals surface area contributed by atoms with Gasteiger partial charge in [-0.25, -0.2) is 18.1 Å². The number of rotatable bonds is 8. The van der Waals surface area contributed by atoms with Crippen LogP contribution >= 0.6 is 11.3 Å². The van der Waals surface area contributed by atoms with Gasteiger partial charge < -0.3 is 10.6 Å². The van der Waals surface area contributed by atoms with E-state index in [0.29, 0.717) is 11.3 Å². The molecule has 0 atom stereocenters. The van der Waals surface area contributed by atoms with E-state index in [1.54, 1.807) is 50.2 Å². The predicted molar refractivity (Wildman–Crippen MR) is 122 cm³/mol. The predicted octanol–water partition coefficient (Wildman–Crippen LogP) is 2.91. The number of carbonyl (C=O) groups excluding carboxylic acids is 2. The monoisotopic (exact) mass is 460 g/mol. The topological polar surface area (TPSA) is 117 Å². The van der Waals surface area contributed by atoms with E-state index in [1.807, 2.05) is 6.92 Å². The SMILES string of the molecule is Cc1nc2ccc(S(=O)(=O)NCCNC(=O)c3ccc(NC(=O)C(C)C)cc3)cc2s1. The van der Waals surface area contributed by atoms with Crippen LogP contribution in [-0.4, -0.2) is 38.3 Å². The minimum absolute atomic E-state index is 0.0519. The Morgan fingerprint density at radius 1 is 1.06 bits per heavy atom. The molecular formula is C21H24N4O4S2. The molecule has 3 N–H and O–H groups in total. The first-order valence-electron chi connectivity index (χ1n) is 9.72. The first-order valence-corrected chi connectivity index (χ1v) is 12.0. The Morgan fingerprint density at radius 2 is 1.77 bits per heavy atom. The zero-order chi connectivity index (χ0) is 22.6. The maximum Gasteiger partial charge on any atom is 0.251 e. The van der Waals surface area contributed by atoms with Crippen LogP contribution < -0.4 is 15.4 Å². The molecule has 164 valence electrons. The summed E-state index contributed by atoms with van der Waals surface area (Å²) >= 11 is 1.43. The highest BCUT2D eigenvalue weighted by atomic mass is 32.2. The van der Waals surface area contributed by atoms with Crippen LogP contribution in [0.3, 0.4) is 0 Å². The van der Waals surface area contributed by atoms with E-state index in [2.05, 4.69) is 20.3 Å². The van der Waals surface area contributed by atoms with E-state index in [1.165, 1.54) is 17.4 Å². The Kier molecular flexibility index (Phi) is 7.04. The summed E-state index contributed by atoms with van der Waals surface area (Å²) < 4.78 is 28.3. The van der Waals surface area contributed by atoms with Crippen molar-refractivity contribution in [3.05, 3.63) is 53.0 Å². The number of benzene rings is 2. The van der Waals surface area contributed by atoms with Gasteiger partial charge in [-0.3, -0.25) is 9.59 Å². The molecule has 2 amide bonds. The maximum absolute atomic E-state index is 12.5. The first kappa shape index (κ1) is 22.9. The van der Waals surface area contributed by atoms with Crippen LogP contribution in [0.1, 0.15) is 29.2 Å². The van der Waals surface area contributed by atoms with Crippen LogP contribution in [0, 0.1) is 12.8 Å². The third-order valence-corrected chi connectivity index (χ3v) is 6.81. The van der Waals surface area contributed by atoms with E-state index in [9.17, 15) is 18.0 Å². The quantitative estimate of drug-likeness (QED) is 0.447. The van der Waals surface area contributed by atoms with Crippen molar-refractivity contribution < 1.29 is 18.0 Å². The van der Waals surface area contributed by atoms with Gasteiger partial charge in [0.05, 0.1) is 20.1 Å². The fourth-order valence-electron chi connectivity index (χ4n) is 2.73. The van der Waals surface area contributed by atoms with Gasteiger partial charge in [-0.1, -0.05) is 13.8 Å². The van der Waals surface area contributed by atoms with Crippen LogP contribution in [-0.2, 0) is 14.8 Å². The largest absolute Gasteiger partial charge is 0.351 e. The van der Waals surface area contributed by atoms with E-state index < -0.39 is 10.0 Å². The maximum atomic E-state index is 12.5. The minimum Gasteiger partial charge on any atom is -0.351 e. The van der Waals surface area contributed by atoms with Crippen LogP contribution in [0.2, 0.25) is 0 Å². The summed E-state index contributed by atoms with van der Waals surface area (Å²) in [4.78, 5) is 28.4. The molecule has 10 heteroatoms. The molecule has 0 fully saturated rings. The number of nitrogens with zero attached hydrogens (tertiary/aromatic N) is 1. The number of nitrogens with one attached hydrogen (secondary N) is 3. The Hall–Kier alpha value is -2.82. The van der Waals surface area contributed by atoms with Crippen LogP contribution in [0.15, 0.2) is 47.4 Å². The van der Waals surface area contributed by atoms with Crippen molar-refractivity contribution in [1.29, 1.82) is 0 Å². The summed E-state index contributed by atoms with van der Waals surface area (Å²) in [6.07, 6.45) is 0. The van der Waals surface area contributed by atoms with Crippen molar-refractivity contribution in [3.8, 4) is 0 Å². The number of fused-ring (bicyclic) bond motifs is 1. The number of aromatic nitrogens is 1. The smallest absolute Gasteiger partial charge is 0.251 e. The van der Waals surface area contributed by atoms with Crippen molar-refractivity contribution in [2.75, 3.05) is 18.4 Å². The van der Waals surface area contributed by atoms with Gasteiger partial charge in [-0.05, 0) is 49.4 Å². The highest BCUT2D eigenvalue weighted by Crippen LogP contribution is 2.24. The number of hydrogen-bond donors (Lipinski definition) is 3. The molecule has 0 aliphatic heterocycles. The molecule has 0 unspecified atom stereocenters. The van der Waals surface area contributed by atoms with E-state index in [-0.39, 0.29) is 35.7 Å². The lowest BCUT2D eigenvalue weighted by Crippen LogP contribution is -2.34. The number of carbonyl (C=O) groups is 2. The summed E-state index contributed by atoms with van der Waals surface area (Å²) in [5.41, 5.74) is 1.79. The van der Waals surface area contributed by atoms with Gasteiger partial charge in [-0.15, -0.1) is 11.3 Å². The summed E-state index contributed by atoms with van der Waals surface area (Å²) in [5.74, 6) is -0.573. The number of sulfonamides is 1. The normalized spacial score (nSPS) is 11.6. The molecule has 3 aromatic rings. The lowest BCUT2D eigenvalue weighted by molar-refractivity contribution is -0.118. The third-order valence-electron chi connectivity index (χ3n) is 4.42. The van der Waals surface area contributed by atoms with Gasteiger partial charge in [0.2, 0.25) is 15.9 Å². The van der Waals surface area contributed by atoms with Gasteiger partial charge in [0.15, 0.2) is 0 Å². The summed E-state index contributed by atoms with van der Waals surface area (Å²) in [7, 11) is -3.69. The number of thiazole rings is 1. The van der Waals surface area contributed by atoms with Crippen molar-refractivity contribution in [2.24, 2.45) is 5.92 Å². The van der Waals surface area contributed by atoms with E-state index in [4.69, 9.17) is 0 Å². The fourth-order valence-corrected chi connectivity index (χ4v) is 4.72. The van der Waals surface area contributed by atoms with Crippen LogP contribution in [0.5, 0.6) is 0 Å². The molecule has 0 aliphatic carbocycles. The fraction of sp³-hybridized carbons (Fsp3) is 0.286. The summed E-state index contributed by atoms with van der Waals surface area (Å²) in [5, 5.41) is 6.30. The number of hydrogen-bond acceptors (Lipinski definition) is 6. The number of anilines is 1. The highest BCUT2D eigenvalue weighted by Gasteiger charge is 2.15. The molecule has 0 saturated carbocycles. The lowest BCUT2D eigenvalue weighted by atomic mass is 10.1. The molecule has 0 spiro atoms. The molecule has 2 aromatic carbocycles. The summed E-state index contributed by atoms with van der Waals surface area (Å²) in [6, 6.07) is 11.3. The molecule has 1 heterocycles. The van der Waals surface area contributed by atoms with E-state index >= 15 is 0 Å². The second-order valence-electron chi connectivity index (χ2n) is 7.24. The zero-order valence-electron chi connectivity index (χ0n) is 17.4. The van der Waals surface area contributed by atoms with Gasteiger partial charge in [-0.2, -0.15) is 0 Å². The van der Waals surface area contributed by atoms with Gasteiger partial charge in [0, 0.05) is 30.3 Å². The minimum atomic E-state index is -3.69. The third kappa shape index (κ3) is 5.87. The average Bonchev–Trinajstić information content (AvgIpc) is 3.10.